The van der Waals surface area contributed by atoms with Crippen LogP contribution in [0.2, 0.25) is 5.02 Å². The van der Waals surface area contributed by atoms with E-state index < -0.39 is 5.54 Å². The first kappa shape index (κ1) is 21.9. The average Bonchev–Trinajstić information content (AvgIpc) is 2.83. The normalized spacial score (nSPS) is 12.2. The number of benzene rings is 3. The topological polar surface area (TPSA) is 65.4 Å². The first-order valence-electron chi connectivity index (χ1n) is 9.56. The maximum absolute atomic E-state index is 13.3. The Labute approximate surface area is 187 Å². The van der Waals surface area contributed by atoms with Gasteiger partial charge in [0.25, 0.3) is 0 Å². The van der Waals surface area contributed by atoms with Crippen LogP contribution in [-0.4, -0.2) is 20.2 Å². The van der Waals surface area contributed by atoms with E-state index in [0.717, 1.165) is 11.1 Å². The van der Waals surface area contributed by atoms with Crippen molar-refractivity contribution < 1.29 is 9.53 Å². The molecule has 156 valence electrons. The zero-order chi connectivity index (χ0) is 22.4. The van der Waals surface area contributed by atoms with Crippen LogP contribution in [0, 0.1) is 11.3 Å². The van der Waals surface area contributed by atoms with Gasteiger partial charge in [0, 0.05) is 17.8 Å². The summed E-state index contributed by atoms with van der Waals surface area (Å²) in [5.74, 6) is 0.676. The number of carbonyl (C=O) groups excluding carboxylic acids is 1. The predicted molar refractivity (Wildman–Crippen MR) is 124 cm³/mol. The minimum atomic E-state index is -1.08. The number of hydrogen-bond acceptors (Lipinski definition) is 3. The molecule has 0 aliphatic carbocycles. The van der Waals surface area contributed by atoms with Crippen LogP contribution in [0.5, 0.6) is 5.75 Å². The van der Waals surface area contributed by atoms with E-state index in [2.05, 4.69) is 18.0 Å². The highest BCUT2D eigenvalue weighted by molar-refractivity contribution is 6.30. The summed E-state index contributed by atoms with van der Waals surface area (Å²) in [6.45, 7) is 4.10. The second kappa shape index (κ2) is 9.38. The van der Waals surface area contributed by atoms with Gasteiger partial charge in [-0.15, -0.1) is 6.58 Å². The van der Waals surface area contributed by atoms with Gasteiger partial charge in [-0.2, -0.15) is 5.26 Å². The molecule has 3 aromatic carbocycles. The molecule has 0 saturated carbocycles. The van der Waals surface area contributed by atoms with Gasteiger partial charge >= 0.3 is 6.03 Å². The molecule has 1 atom stereocenters. The Morgan fingerprint density at radius 1 is 1.06 bits per heavy atom. The molecule has 0 spiro atoms. The lowest BCUT2D eigenvalue weighted by atomic mass is 9.80. The Morgan fingerprint density at radius 3 is 2.06 bits per heavy atom. The number of methoxy groups -OCH3 is 1. The summed E-state index contributed by atoms with van der Waals surface area (Å²) in [6.07, 6.45) is 1.72. The van der Waals surface area contributed by atoms with Crippen LogP contribution in [0.4, 0.5) is 10.5 Å². The van der Waals surface area contributed by atoms with Crippen LogP contribution in [0.25, 0.3) is 0 Å². The molecule has 3 aromatic rings. The molecular formula is C25H22ClN3O2. The molecule has 0 saturated heterocycles. The maximum atomic E-state index is 13.3. The quantitative estimate of drug-likeness (QED) is 0.524. The number of nitrogens with zero attached hydrogens (tertiary/aromatic N) is 2. The number of anilines is 1. The van der Waals surface area contributed by atoms with Crippen LogP contribution in [0.15, 0.2) is 85.5 Å². The Morgan fingerprint density at radius 2 is 1.61 bits per heavy atom. The van der Waals surface area contributed by atoms with Crippen molar-refractivity contribution in [3.63, 3.8) is 0 Å². The fraction of sp³-hybridized carbons (Fsp3) is 0.120. The van der Waals surface area contributed by atoms with E-state index in [9.17, 15) is 10.1 Å². The summed E-state index contributed by atoms with van der Waals surface area (Å²) in [5, 5.41) is 12.5. The van der Waals surface area contributed by atoms with Gasteiger partial charge in [-0.3, -0.25) is 4.90 Å². The monoisotopic (exact) mass is 431 g/mol. The van der Waals surface area contributed by atoms with Gasteiger partial charge in [0.1, 0.15) is 11.3 Å². The van der Waals surface area contributed by atoms with E-state index in [1.807, 2.05) is 36.4 Å². The second-order valence-electron chi connectivity index (χ2n) is 6.76. The number of rotatable bonds is 6. The van der Waals surface area contributed by atoms with Gasteiger partial charge in [-0.25, -0.2) is 4.79 Å². The Bertz CT molecular complexity index is 1100. The average molecular weight is 432 g/mol. The van der Waals surface area contributed by atoms with Crippen molar-refractivity contribution >= 4 is 23.3 Å². The van der Waals surface area contributed by atoms with Crippen molar-refractivity contribution in [2.24, 2.45) is 0 Å². The van der Waals surface area contributed by atoms with E-state index in [-0.39, 0.29) is 6.03 Å². The number of nitrogens with one attached hydrogen (secondary N) is 1. The van der Waals surface area contributed by atoms with Gasteiger partial charge in [0.2, 0.25) is 0 Å². The van der Waals surface area contributed by atoms with Crippen molar-refractivity contribution in [3.8, 4) is 11.8 Å². The number of halogens is 1. The lowest BCUT2D eigenvalue weighted by Crippen LogP contribution is -2.52. The summed E-state index contributed by atoms with van der Waals surface area (Å²) < 4.78 is 5.27. The van der Waals surface area contributed by atoms with Crippen molar-refractivity contribution in [1.82, 2.24) is 5.32 Å². The number of carbonyl (C=O) groups is 1. The minimum Gasteiger partial charge on any atom is -0.497 e. The molecule has 0 aliphatic rings. The van der Waals surface area contributed by atoms with Gasteiger partial charge in [0.15, 0.2) is 0 Å². The van der Waals surface area contributed by atoms with Crippen LogP contribution in [0.1, 0.15) is 16.7 Å². The molecule has 31 heavy (non-hydrogen) atoms. The molecule has 3 rings (SSSR count). The highest BCUT2D eigenvalue weighted by atomic mass is 35.5. The summed E-state index contributed by atoms with van der Waals surface area (Å²) in [4.78, 5) is 14.9. The molecule has 1 N–H and O–H groups in total. The summed E-state index contributed by atoms with van der Waals surface area (Å²) >= 11 is 6.14. The molecule has 0 radical (unpaired) electrons. The predicted octanol–water partition coefficient (Wildman–Crippen LogP) is 5.50. The first-order valence-corrected chi connectivity index (χ1v) is 9.94. The second-order valence-corrected chi connectivity index (χ2v) is 7.19. The largest absolute Gasteiger partial charge is 0.497 e. The van der Waals surface area contributed by atoms with Crippen LogP contribution < -0.4 is 15.0 Å². The molecule has 0 unspecified atom stereocenters. The fourth-order valence-corrected chi connectivity index (χ4v) is 3.70. The molecule has 0 heterocycles. The van der Waals surface area contributed by atoms with Crippen molar-refractivity contribution in [3.05, 3.63) is 107 Å². The van der Waals surface area contributed by atoms with Crippen LogP contribution in [0.3, 0.4) is 0 Å². The van der Waals surface area contributed by atoms with E-state index in [4.69, 9.17) is 16.3 Å². The molecular weight excluding hydrogens is 410 g/mol. The highest BCUT2D eigenvalue weighted by Crippen LogP contribution is 2.41. The zero-order valence-electron chi connectivity index (χ0n) is 17.3. The summed E-state index contributed by atoms with van der Waals surface area (Å²) in [6, 6.07) is 23.4. The minimum absolute atomic E-state index is 0.329. The van der Waals surface area contributed by atoms with Crippen LogP contribution in [-0.2, 0) is 5.54 Å². The lowest BCUT2D eigenvalue weighted by molar-refractivity contribution is 0.244. The third kappa shape index (κ3) is 4.11. The molecule has 6 heteroatoms. The molecule has 0 aromatic heterocycles. The maximum Gasteiger partial charge on any atom is 0.322 e. The number of nitriles is 1. The van der Waals surface area contributed by atoms with Crippen LogP contribution >= 0.6 is 11.6 Å². The smallest absolute Gasteiger partial charge is 0.322 e. The summed E-state index contributed by atoms with van der Waals surface area (Å²) in [5.41, 5.74) is 1.64. The third-order valence-electron chi connectivity index (χ3n) is 5.13. The Balaban J connectivity index is 2.33. The zero-order valence-corrected chi connectivity index (χ0v) is 18.1. The standard InChI is InChI=1S/C25H22ClN3O2/c1-4-25(20-9-11-21(26)12-10-20,19-7-5-18(17-27)6-8-19)29(24(30)28-2)22-13-15-23(31-3)16-14-22/h4-16H,1H2,2-3H3,(H,28,30)/t25-/m1/s1. The highest BCUT2D eigenvalue weighted by Gasteiger charge is 2.41. The molecule has 2 amide bonds. The van der Waals surface area contributed by atoms with E-state index >= 15 is 0 Å². The number of hydrogen-bond donors (Lipinski definition) is 1. The fourth-order valence-electron chi connectivity index (χ4n) is 3.58. The SMILES string of the molecule is C=C[C@](c1ccc(Cl)cc1)(c1ccc(C#N)cc1)N(C(=O)NC)c1ccc(OC)cc1. The first-order chi connectivity index (χ1) is 15.0. The van der Waals surface area contributed by atoms with Gasteiger partial charge in [-0.05, 0) is 59.7 Å². The van der Waals surface area contributed by atoms with Gasteiger partial charge < -0.3 is 10.1 Å². The molecule has 0 bridgehead atoms. The van der Waals surface area contributed by atoms with E-state index in [1.165, 1.54) is 0 Å². The van der Waals surface area contributed by atoms with Gasteiger partial charge in [0.05, 0.1) is 18.7 Å². The Hall–Kier alpha value is -3.75. The van der Waals surface area contributed by atoms with E-state index in [1.54, 1.807) is 61.5 Å². The number of ether oxygens (including phenoxy) is 1. The molecule has 5 nitrogen and oxygen atoms in total. The van der Waals surface area contributed by atoms with Crippen molar-refractivity contribution in [2.75, 3.05) is 19.1 Å². The van der Waals surface area contributed by atoms with Gasteiger partial charge in [-0.1, -0.05) is 41.9 Å². The Kier molecular flexibility index (Phi) is 6.64. The summed E-state index contributed by atoms with van der Waals surface area (Å²) in [7, 11) is 3.16. The number of urea groups is 1. The van der Waals surface area contributed by atoms with Crippen molar-refractivity contribution in [2.45, 2.75) is 5.54 Å². The lowest BCUT2D eigenvalue weighted by Gasteiger charge is -2.42. The van der Waals surface area contributed by atoms with Crippen molar-refractivity contribution in [1.29, 1.82) is 5.26 Å². The molecule has 0 fully saturated rings. The number of amides is 2. The third-order valence-corrected chi connectivity index (χ3v) is 5.39. The van der Waals surface area contributed by atoms with E-state index in [0.29, 0.717) is 22.0 Å². The molecule has 0 aliphatic heterocycles.